The van der Waals surface area contributed by atoms with Crippen molar-refractivity contribution in [2.45, 2.75) is 25.4 Å². The summed E-state index contributed by atoms with van der Waals surface area (Å²) in [6, 6.07) is 0. The minimum atomic E-state index is -0.486. The molecule has 0 bridgehead atoms. The lowest BCUT2D eigenvalue weighted by atomic mass is 10.0. The van der Waals surface area contributed by atoms with E-state index in [-0.39, 0.29) is 11.4 Å². The van der Waals surface area contributed by atoms with E-state index in [0.29, 0.717) is 12.4 Å². The Balaban J connectivity index is 2.08. The van der Waals surface area contributed by atoms with Crippen LogP contribution < -0.4 is 5.32 Å². The molecule has 94 valence electrons. The first kappa shape index (κ1) is 11.8. The number of ether oxygens (including phenoxy) is 1. The van der Waals surface area contributed by atoms with E-state index < -0.39 is 4.92 Å². The summed E-state index contributed by atoms with van der Waals surface area (Å²) < 4.78 is 7.22. The molecule has 1 aromatic heterocycles. The Morgan fingerprint density at radius 3 is 3.12 bits per heavy atom. The molecule has 0 amide bonds. The van der Waals surface area contributed by atoms with Gasteiger partial charge in [0.1, 0.15) is 0 Å². The molecule has 1 unspecified atom stereocenters. The average molecular weight is 240 g/mol. The predicted molar refractivity (Wildman–Crippen MR) is 61.9 cm³/mol. The predicted octanol–water partition coefficient (Wildman–Crippen LogP) is 1.31. The van der Waals surface area contributed by atoms with Gasteiger partial charge in [0.2, 0.25) is 12.1 Å². The van der Waals surface area contributed by atoms with Crippen molar-refractivity contribution in [3.63, 3.8) is 0 Å². The lowest BCUT2D eigenvalue weighted by Gasteiger charge is -2.23. The summed E-state index contributed by atoms with van der Waals surface area (Å²) in [5, 5.41) is 13.8. The minimum absolute atomic E-state index is 0.144. The number of hydrogen-bond acceptors (Lipinski definition) is 5. The van der Waals surface area contributed by atoms with Crippen LogP contribution in [0.15, 0.2) is 6.33 Å². The maximum absolute atomic E-state index is 10.8. The topological polar surface area (TPSA) is 82.2 Å². The summed E-state index contributed by atoms with van der Waals surface area (Å²) in [5.41, 5.74) is -0.238. The van der Waals surface area contributed by atoms with Gasteiger partial charge in [0, 0.05) is 20.2 Å². The highest BCUT2D eigenvalue weighted by Crippen LogP contribution is 2.27. The summed E-state index contributed by atoms with van der Waals surface area (Å²) in [6.07, 6.45) is 3.43. The molecule has 1 aliphatic heterocycles. The van der Waals surface area contributed by atoms with Crippen molar-refractivity contribution in [3.05, 3.63) is 16.4 Å². The highest BCUT2D eigenvalue weighted by atomic mass is 16.6. The van der Waals surface area contributed by atoms with Crippen LogP contribution in [0, 0.1) is 10.1 Å². The third kappa shape index (κ3) is 2.38. The van der Waals surface area contributed by atoms with Crippen LogP contribution in [0.3, 0.4) is 0 Å². The number of hydrogen-bond donors (Lipinski definition) is 1. The molecule has 0 aliphatic carbocycles. The number of nitrogens with zero attached hydrogens (tertiary/aromatic N) is 3. The van der Waals surface area contributed by atoms with Crippen LogP contribution in [0.4, 0.5) is 11.6 Å². The third-order valence-corrected chi connectivity index (χ3v) is 3.02. The molecule has 1 aliphatic rings. The standard InChI is InChI=1S/C10H16N4O3/c1-10(4-3-5-17-10)6-11-8-9(14(15)16)12-7-13(8)2/h7,11H,3-6H2,1-2H3. The summed E-state index contributed by atoms with van der Waals surface area (Å²) in [6.45, 7) is 3.31. The van der Waals surface area contributed by atoms with E-state index >= 15 is 0 Å². The van der Waals surface area contributed by atoms with Crippen molar-refractivity contribution in [1.82, 2.24) is 9.55 Å². The maximum atomic E-state index is 10.8. The SMILES string of the molecule is Cn1cnc([N+](=O)[O-])c1NCC1(C)CCCO1. The van der Waals surface area contributed by atoms with Crippen molar-refractivity contribution in [3.8, 4) is 0 Å². The fourth-order valence-corrected chi connectivity index (χ4v) is 2.00. The molecule has 1 saturated heterocycles. The smallest absolute Gasteiger partial charge is 0.373 e. The van der Waals surface area contributed by atoms with Gasteiger partial charge < -0.3 is 20.2 Å². The van der Waals surface area contributed by atoms with Gasteiger partial charge in [0.05, 0.1) is 5.60 Å². The number of imidazole rings is 1. The van der Waals surface area contributed by atoms with E-state index in [9.17, 15) is 10.1 Å². The van der Waals surface area contributed by atoms with Crippen LogP contribution in [0.1, 0.15) is 19.8 Å². The molecule has 2 rings (SSSR count). The van der Waals surface area contributed by atoms with E-state index in [4.69, 9.17) is 4.74 Å². The molecule has 0 radical (unpaired) electrons. The minimum Gasteiger partial charge on any atom is -0.373 e. The van der Waals surface area contributed by atoms with Crippen LogP contribution in [0.5, 0.6) is 0 Å². The second-order valence-corrected chi connectivity index (χ2v) is 4.54. The Kier molecular flexibility index (Phi) is 3.01. The first-order valence-electron chi connectivity index (χ1n) is 5.55. The number of aromatic nitrogens is 2. The van der Waals surface area contributed by atoms with Crippen LogP contribution in [0.25, 0.3) is 0 Å². The number of nitro groups is 1. The van der Waals surface area contributed by atoms with Gasteiger partial charge in [-0.15, -0.1) is 0 Å². The molecular weight excluding hydrogens is 224 g/mol. The Hall–Kier alpha value is -1.63. The molecular formula is C10H16N4O3. The number of anilines is 1. The van der Waals surface area contributed by atoms with E-state index in [1.165, 1.54) is 6.33 Å². The van der Waals surface area contributed by atoms with Gasteiger partial charge in [-0.1, -0.05) is 0 Å². The zero-order valence-electron chi connectivity index (χ0n) is 9.97. The van der Waals surface area contributed by atoms with Crippen molar-refractivity contribution in [2.24, 2.45) is 7.05 Å². The van der Waals surface area contributed by atoms with Crippen LogP contribution in [-0.4, -0.2) is 33.2 Å². The lowest BCUT2D eigenvalue weighted by Crippen LogP contribution is -2.33. The van der Waals surface area contributed by atoms with Crippen molar-refractivity contribution >= 4 is 11.6 Å². The Morgan fingerprint density at radius 1 is 1.76 bits per heavy atom. The molecule has 17 heavy (non-hydrogen) atoms. The Labute approximate surface area is 98.9 Å². The number of rotatable bonds is 4. The Morgan fingerprint density at radius 2 is 2.53 bits per heavy atom. The average Bonchev–Trinajstić information content (AvgIpc) is 2.83. The van der Waals surface area contributed by atoms with E-state index in [1.54, 1.807) is 11.6 Å². The van der Waals surface area contributed by atoms with Gasteiger partial charge in [0.25, 0.3) is 0 Å². The molecule has 1 atom stereocenters. The highest BCUT2D eigenvalue weighted by Gasteiger charge is 2.31. The van der Waals surface area contributed by atoms with Gasteiger partial charge in [-0.2, -0.15) is 0 Å². The molecule has 7 nitrogen and oxygen atoms in total. The zero-order valence-corrected chi connectivity index (χ0v) is 9.97. The quantitative estimate of drug-likeness (QED) is 0.633. The second-order valence-electron chi connectivity index (χ2n) is 4.54. The summed E-state index contributed by atoms with van der Waals surface area (Å²) >= 11 is 0. The molecule has 1 aromatic rings. The van der Waals surface area contributed by atoms with Gasteiger partial charge in [-0.3, -0.25) is 4.57 Å². The van der Waals surface area contributed by atoms with E-state index in [1.807, 2.05) is 6.92 Å². The van der Waals surface area contributed by atoms with Crippen molar-refractivity contribution < 1.29 is 9.66 Å². The largest absolute Gasteiger partial charge is 0.406 e. The summed E-state index contributed by atoms with van der Waals surface area (Å²) in [7, 11) is 1.72. The summed E-state index contributed by atoms with van der Waals surface area (Å²) in [4.78, 5) is 14.0. The molecule has 0 spiro atoms. The fraction of sp³-hybridized carbons (Fsp3) is 0.700. The monoisotopic (exact) mass is 240 g/mol. The van der Waals surface area contributed by atoms with Crippen molar-refractivity contribution in [1.29, 1.82) is 0 Å². The molecule has 1 N–H and O–H groups in total. The maximum Gasteiger partial charge on any atom is 0.406 e. The number of aryl methyl sites for hydroxylation is 1. The first-order chi connectivity index (χ1) is 8.02. The van der Waals surface area contributed by atoms with E-state index in [2.05, 4.69) is 10.3 Å². The van der Waals surface area contributed by atoms with Gasteiger partial charge in [-0.05, 0) is 29.7 Å². The molecule has 2 heterocycles. The second kappa shape index (κ2) is 4.33. The highest BCUT2D eigenvalue weighted by molar-refractivity contribution is 5.52. The lowest BCUT2D eigenvalue weighted by molar-refractivity contribution is -0.388. The molecule has 7 heteroatoms. The van der Waals surface area contributed by atoms with Crippen LogP contribution in [-0.2, 0) is 11.8 Å². The number of nitrogens with one attached hydrogen (secondary N) is 1. The fourth-order valence-electron chi connectivity index (χ4n) is 2.00. The van der Waals surface area contributed by atoms with Crippen LogP contribution >= 0.6 is 0 Å². The van der Waals surface area contributed by atoms with Gasteiger partial charge in [0.15, 0.2) is 0 Å². The van der Waals surface area contributed by atoms with Crippen molar-refractivity contribution in [2.75, 3.05) is 18.5 Å². The van der Waals surface area contributed by atoms with Crippen LogP contribution in [0.2, 0.25) is 0 Å². The normalized spacial score (nSPS) is 23.9. The zero-order chi connectivity index (χ0) is 12.5. The van der Waals surface area contributed by atoms with Gasteiger partial charge >= 0.3 is 5.82 Å². The molecule has 1 fully saturated rings. The molecule has 0 saturated carbocycles. The molecule has 0 aromatic carbocycles. The Bertz CT molecular complexity index is 423. The van der Waals surface area contributed by atoms with E-state index in [0.717, 1.165) is 19.4 Å². The van der Waals surface area contributed by atoms with Gasteiger partial charge in [-0.25, -0.2) is 0 Å². The third-order valence-electron chi connectivity index (χ3n) is 3.02. The summed E-state index contributed by atoms with van der Waals surface area (Å²) in [5.74, 6) is 0.279. The first-order valence-corrected chi connectivity index (χ1v) is 5.55.